The molecule has 1 fully saturated rings. The van der Waals surface area contributed by atoms with E-state index < -0.39 is 0 Å². The maximum absolute atomic E-state index is 14.4. The predicted octanol–water partition coefficient (Wildman–Crippen LogP) is 11.7. The molecule has 1 amide bonds. The van der Waals surface area contributed by atoms with Crippen LogP contribution >= 0.6 is 0 Å². The van der Waals surface area contributed by atoms with Crippen LogP contribution in [0.3, 0.4) is 0 Å². The molecule has 1 aliphatic heterocycles. The van der Waals surface area contributed by atoms with E-state index in [1.165, 1.54) is 17.7 Å². The quantitative estimate of drug-likeness (QED) is 0.164. The number of amides is 1. The lowest BCUT2D eigenvalue weighted by molar-refractivity contribution is -0.126. The van der Waals surface area contributed by atoms with E-state index >= 15 is 0 Å². The fourth-order valence-electron chi connectivity index (χ4n) is 7.71. The van der Waals surface area contributed by atoms with E-state index in [0.29, 0.717) is 11.5 Å². The van der Waals surface area contributed by atoms with E-state index in [1.807, 2.05) is 60.7 Å². The molecule has 1 aromatic heterocycles. The summed E-state index contributed by atoms with van der Waals surface area (Å²) in [6.07, 6.45) is 4.87. The molecule has 0 aliphatic carbocycles. The Labute approximate surface area is 287 Å². The van der Waals surface area contributed by atoms with Gasteiger partial charge in [0.25, 0.3) is 5.91 Å². The van der Waals surface area contributed by atoms with Gasteiger partial charge in [0.1, 0.15) is 5.82 Å². The molecular formula is C43H53FN2O2. The molecule has 0 saturated carbocycles. The molecule has 1 aliphatic rings. The maximum atomic E-state index is 14.4. The molecule has 5 heteroatoms. The largest absolute Gasteiger partial charge is 0.372 e. The summed E-state index contributed by atoms with van der Waals surface area (Å²) in [6, 6.07) is 26.4. The summed E-state index contributed by atoms with van der Waals surface area (Å²) < 4.78 is 23.3. The lowest BCUT2D eigenvalue weighted by Gasteiger charge is -2.41. The third-order valence-corrected chi connectivity index (χ3v) is 9.21. The van der Waals surface area contributed by atoms with Crippen LogP contribution in [-0.2, 0) is 11.3 Å². The molecule has 3 aromatic carbocycles. The number of halogens is 1. The summed E-state index contributed by atoms with van der Waals surface area (Å²) in [5.41, 5.74) is 7.29. The van der Waals surface area contributed by atoms with E-state index in [1.54, 1.807) is 0 Å². The van der Waals surface area contributed by atoms with Crippen LogP contribution in [0.5, 0.6) is 0 Å². The van der Waals surface area contributed by atoms with Crippen LogP contribution in [0.1, 0.15) is 103 Å². The maximum Gasteiger partial charge on any atom is 0.258 e. The number of anilines is 1. The van der Waals surface area contributed by atoms with Gasteiger partial charge in [0.05, 0.1) is 23.0 Å². The van der Waals surface area contributed by atoms with Crippen molar-refractivity contribution in [1.82, 2.24) is 4.57 Å². The number of para-hydroxylation sites is 1. The van der Waals surface area contributed by atoms with Crippen LogP contribution < -0.4 is 5.32 Å². The minimum Gasteiger partial charge on any atom is -0.372 e. The topological polar surface area (TPSA) is 43.3 Å². The Morgan fingerprint density at radius 3 is 2.21 bits per heavy atom. The Kier molecular flexibility index (Phi) is 10.8. The number of benzene rings is 3. The van der Waals surface area contributed by atoms with Crippen molar-refractivity contribution in [3.05, 3.63) is 114 Å². The van der Waals surface area contributed by atoms with Crippen molar-refractivity contribution < 1.29 is 13.9 Å². The zero-order valence-corrected chi connectivity index (χ0v) is 29.9. The summed E-state index contributed by atoms with van der Waals surface area (Å²) in [4.78, 5) is 14.4. The third kappa shape index (κ3) is 8.73. The molecule has 0 bridgehead atoms. The van der Waals surface area contributed by atoms with Crippen LogP contribution in [-0.4, -0.2) is 22.2 Å². The molecule has 2 atom stereocenters. The number of hydrogen-bond acceptors (Lipinski definition) is 2. The van der Waals surface area contributed by atoms with Gasteiger partial charge >= 0.3 is 0 Å². The van der Waals surface area contributed by atoms with Gasteiger partial charge in [0.2, 0.25) is 0 Å². The number of ether oxygens (including phenoxy) is 1. The van der Waals surface area contributed by atoms with Crippen molar-refractivity contribution in [2.45, 2.75) is 105 Å². The highest BCUT2D eigenvalue weighted by molar-refractivity contribution is 6.12. The summed E-state index contributed by atoms with van der Waals surface area (Å²) >= 11 is 0. The van der Waals surface area contributed by atoms with Crippen LogP contribution in [0, 0.1) is 17.2 Å². The fourth-order valence-corrected chi connectivity index (χ4v) is 7.71. The van der Waals surface area contributed by atoms with Crippen LogP contribution in [0.25, 0.3) is 22.4 Å². The van der Waals surface area contributed by atoms with Gasteiger partial charge in [-0.3, -0.25) is 4.79 Å². The van der Waals surface area contributed by atoms with Crippen molar-refractivity contribution in [1.29, 1.82) is 0 Å². The monoisotopic (exact) mass is 648 g/mol. The van der Waals surface area contributed by atoms with Crippen molar-refractivity contribution in [3.8, 4) is 22.4 Å². The second-order valence-electron chi connectivity index (χ2n) is 15.8. The van der Waals surface area contributed by atoms with Crippen molar-refractivity contribution in [2.24, 2.45) is 11.3 Å². The molecule has 1 N–H and O–H groups in total. The fraction of sp³-hybridized carbons (Fsp3) is 0.419. The molecule has 4 aromatic rings. The molecule has 4 nitrogen and oxygen atoms in total. The van der Waals surface area contributed by atoms with Gasteiger partial charge in [-0.05, 0) is 111 Å². The first-order valence-corrected chi connectivity index (χ1v) is 17.5. The summed E-state index contributed by atoms with van der Waals surface area (Å²) in [5, 5.41) is 3.18. The second-order valence-corrected chi connectivity index (χ2v) is 15.8. The van der Waals surface area contributed by atoms with Gasteiger partial charge in [0.15, 0.2) is 0 Å². The van der Waals surface area contributed by atoms with Gasteiger partial charge in [-0.1, -0.05) is 95.3 Å². The minimum absolute atomic E-state index is 0.0535. The van der Waals surface area contributed by atoms with Crippen molar-refractivity contribution in [3.63, 3.8) is 0 Å². The number of nitrogens with zero attached hydrogens (tertiary/aromatic N) is 1. The first-order valence-electron chi connectivity index (χ1n) is 17.5. The van der Waals surface area contributed by atoms with Crippen LogP contribution in [0.2, 0.25) is 0 Å². The van der Waals surface area contributed by atoms with Crippen LogP contribution in [0.4, 0.5) is 10.1 Å². The average Bonchev–Trinajstić information content (AvgIpc) is 3.35. The van der Waals surface area contributed by atoms with E-state index in [0.717, 1.165) is 72.4 Å². The molecule has 2 heterocycles. The molecule has 0 radical (unpaired) electrons. The Morgan fingerprint density at radius 1 is 0.979 bits per heavy atom. The van der Waals surface area contributed by atoms with Crippen molar-refractivity contribution >= 4 is 11.6 Å². The number of nitrogens with one attached hydrogen (secondary N) is 1. The number of hydrogen-bond donors (Lipinski definition) is 1. The molecular weight excluding hydrogens is 595 g/mol. The van der Waals surface area contributed by atoms with E-state index in [9.17, 15) is 9.18 Å². The van der Waals surface area contributed by atoms with Crippen molar-refractivity contribution in [2.75, 3.05) is 5.32 Å². The van der Waals surface area contributed by atoms with Gasteiger partial charge in [-0.25, -0.2) is 4.39 Å². The predicted molar refractivity (Wildman–Crippen MR) is 198 cm³/mol. The molecule has 254 valence electrons. The molecule has 0 spiro atoms. The normalized spacial score (nSPS) is 17.8. The zero-order valence-electron chi connectivity index (χ0n) is 29.9. The molecule has 48 heavy (non-hydrogen) atoms. The number of carbonyl (C=O) groups is 1. The smallest absolute Gasteiger partial charge is 0.258 e. The minimum atomic E-state index is -0.284. The standard InChI is InChI=1S/C43H53FN2O2/c1-29(2)39-38(41(47)45-35-17-13-10-14-18-35)37(32-15-11-9-12-16-32)40(33-19-21-34(44)22-20-33)46(39)24-23-31-26-36(48-43(7,8)28-31)25-30(3)27-42(4,5)6/h9-22,29,31,36H,3,23-28H2,1-2,4-8H3,(H,45,47)/t31-,36+/m1/s1. The lowest BCUT2D eigenvalue weighted by atomic mass is 9.80. The second kappa shape index (κ2) is 14.7. The number of rotatable bonds is 11. The summed E-state index contributed by atoms with van der Waals surface area (Å²) in [5.74, 6) is 0.0625. The van der Waals surface area contributed by atoms with E-state index in [2.05, 4.69) is 77.1 Å². The van der Waals surface area contributed by atoms with Gasteiger partial charge in [-0.15, -0.1) is 0 Å². The Balaban J connectivity index is 1.59. The van der Waals surface area contributed by atoms with Gasteiger partial charge in [-0.2, -0.15) is 0 Å². The average molecular weight is 649 g/mol. The number of aromatic nitrogens is 1. The van der Waals surface area contributed by atoms with Gasteiger partial charge in [0, 0.05) is 23.5 Å². The van der Waals surface area contributed by atoms with E-state index in [-0.39, 0.29) is 34.8 Å². The lowest BCUT2D eigenvalue weighted by Crippen LogP contribution is -2.40. The Hall–Kier alpha value is -3.96. The highest BCUT2D eigenvalue weighted by atomic mass is 19.1. The first-order chi connectivity index (χ1) is 22.7. The molecule has 0 unspecified atom stereocenters. The molecule has 5 rings (SSSR count). The third-order valence-electron chi connectivity index (χ3n) is 9.21. The SMILES string of the molecule is C=C(C[C@H]1C[C@@H](CCn2c(-c3ccc(F)cc3)c(-c3ccccc3)c(C(=O)Nc3ccccc3)c2C(C)C)CC(C)(C)O1)CC(C)(C)C. The Morgan fingerprint density at radius 2 is 1.60 bits per heavy atom. The highest BCUT2D eigenvalue weighted by Gasteiger charge is 2.36. The van der Waals surface area contributed by atoms with E-state index in [4.69, 9.17) is 4.74 Å². The summed E-state index contributed by atoms with van der Waals surface area (Å²) in [7, 11) is 0. The highest BCUT2D eigenvalue weighted by Crippen LogP contribution is 2.44. The molecule has 1 saturated heterocycles. The number of carbonyl (C=O) groups excluding carboxylic acids is 1. The summed E-state index contributed by atoms with van der Waals surface area (Å²) in [6.45, 7) is 20.6. The van der Waals surface area contributed by atoms with Gasteiger partial charge < -0.3 is 14.6 Å². The first kappa shape index (κ1) is 35.3. The Bertz CT molecular complexity index is 1700. The zero-order chi connectivity index (χ0) is 34.6. The van der Waals surface area contributed by atoms with Crippen LogP contribution in [0.15, 0.2) is 97.1 Å².